The predicted octanol–water partition coefficient (Wildman–Crippen LogP) is 3.59. The number of aromatic nitrogens is 1. The highest BCUT2D eigenvalue weighted by atomic mass is 32.1. The summed E-state index contributed by atoms with van der Waals surface area (Å²) in [5, 5.41) is 4.44. The molecule has 3 rings (SSSR count). The van der Waals surface area contributed by atoms with E-state index in [1.54, 1.807) is 11.3 Å². The molecule has 4 heteroatoms. The van der Waals surface area contributed by atoms with Crippen molar-refractivity contribution in [3.63, 3.8) is 0 Å². The van der Waals surface area contributed by atoms with E-state index in [1.807, 2.05) is 0 Å². The number of rotatable bonds is 4. The molecule has 1 fully saturated rings. The molecule has 1 aliphatic heterocycles. The topological polar surface area (TPSA) is 34.1 Å². The zero-order valence-electron chi connectivity index (χ0n) is 10.6. The molecule has 1 aromatic heterocycles. The second kappa shape index (κ2) is 5.24. The van der Waals surface area contributed by atoms with E-state index < -0.39 is 0 Å². The third kappa shape index (κ3) is 2.49. The standard InChI is InChI=1S/C14H18N2OS/c1-10-4-2-6-12-13(10)16-14(18-12)15-8-7-11-5-3-9-17-11/h2,4,6,11H,3,5,7-9H2,1H3,(H,15,16). The van der Waals surface area contributed by atoms with Gasteiger partial charge >= 0.3 is 0 Å². The Labute approximate surface area is 111 Å². The van der Waals surface area contributed by atoms with Crippen LogP contribution in [-0.4, -0.2) is 24.2 Å². The molecule has 0 amide bonds. The van der Waals surface area contributed by atoms with Gasteiger partial charge in [-0.05, 0) is 37.8 Å². The monoisotopic (exact) mass is 262 g/mol. The van der Waals surface area contributed by atoms with E-state index in [0.29, 0.717) is 6.10 Å². The van der Waals surface area contributed by atoms with E-state index >= 15 is 0 Å². The maximum atomic E-state index is 5.61. The van der Waals surface area contributed by atoms with Crippen LogP contribution in [0.1, 0.15) is 24.8 Å². The number of thiazole rings is 1. The first-order valence-corrected chi connectivity index (χ1v) is 7.36. The first-order valence-electron chi connectivity index (χ1n) is 6.54. The lowest BCUT2D eigenvalue weighted by molar-refractivity contribution is 0.107. The van der Waals surface area contributed by atoms with Crippen molar-refractivity contribution in [1.82, 2.24) is 4.98 Å². The molecule has 1 N–H and O–H groups in total. The lowest BCUT2D eigenvalue weighted by atomic mass is 10.2. The summed E-state index contributed by atoms with van der Waals surface area (Å²) in [6, 6.07) is 6.33. The number of anilines is 1. The van der Waals surface area contributed by atoms with Crippen LogP contribution in [0.3, 0.4) is 0 Å². The van der Waals surface area contributed by atoms with Crippen molar-refractivity contribution in [3.05, 3.63) is 23.8 Å². The van der Waals surface area contributed by atoms with Crippen LogP contribution in [0.2, 0.25) is 0 Å². The Kier molecular flexibility index (Phi) is 3.48. The quantitative estimate of drug-likeness (QED) is 0.914. The van der Waals surface area contributed by atoms with Crippen molar-refractivity contribution in [3.8, 4) is 0 Å². The molecule has 18 heavy (non-hydrogen) atoms. The number of hydrogen-bond donors (Lipinski definition) is 1. The molecule has 1 saturated heterocycles. The van der Waals surface area contributed by atoms with Crippen LogP contribution < -0.4 is 5.32 Å². The fourth-order valence-corrected chi connectivity index (χ4v) is 3.34. The summed E-state index contributed by atoms with van der Waals surface area (Å²) in [4.78, 5) is 4.64. The van der Waals surface area contributed by atoms with E-state index in [0.717, 1.165) is 30.2 Å². The van der Waals surface area contributed by atoms with Crippen molar-refractivity contribution in [1.29, 1.82) is 0 Å². The fraction of sp³-hybridized carbons (Fsp3) is 0.500. The van der Waals surface area contributed by atoms with Crippen molar-refractivity contribution in [2.45, 2.75) is 32.3 Å². The first-order chi connectivity index (χ1) is 8.83. The van der Waals surface area contributed by atoms with Crippen molar-refractivity contribution < 1.29 is 4.74 Å². The molecule has 3 nitrogen and oxygen atoms in total. The van der Waals surface area contributed by atoms with Crippen LogP contribution in [-0.2, 0) is 4.74 Å². The van der Waals surface area contributed by atoms with Gasteiger partial charge in [-0.1, -0.05) is 23.5 Å². The van der Waals surface area contributed by atoms with E-state index in [2.05, 4.69) is 35.4 Å². The molecule has 2 heterocycles. The van der Waals surface area contributed by atoms with Gasteiger partial charge in [0, 0.05) is 13.2 Å². The van der Waals surface area contributed by atoms with Crippen LogP contribution in [0, 0.1) is 6.92 Å². The Morgan fingerprint density at radius 1 is 1.50 bits per heavy atom. The van der Waals surface area contributed by atoms with Crippen LogP contribution in [0.15, 0.2) is 18.2 Å². The number of ether oxygens (including phenoxy) is 1. The Morgan fingerprint density at radius 3 is 3.22 bits per heavy atom. The minimum Gasteiger partial charge on any atom is -0.378 e. The molecule has 1 aliphatic rings. The highest BCUT2D eigenvalue weighted by Crippen LogP contribution is 2.28. The van der Waals surface area contributed by atoms with Gasteiger partial charge in [-0.15, -0.1) is 0 Å². The normalized spacial score (nSPS) is 19.5. The summed E-state index contributed by atoms with van der Waals surface area (Å²) in [6.45, 7) is 3.99. The molecule has 1 unspecified atom stereocenters. The molecule has 0 saturated carbocycles. The van der Waals surface area contributed by atoms with E-state index in [9.17, 15) is 0 Å². The maximum Gasteiger partial charge on any atom is 0.183 e. The van der Waals surface area contributed by atoms with E-state index in [4.69, 9.17) is 4.74 Å². The van der Waals surface area contributed by atoms with E-state index in [-0.39, 0.29) is 0 Å². The number of aryl methyl sites for hydroxylation is 1. The van der Waals surface area contributed by atoms with Crippen molar-refractivity contribution in [2.75, 3.05) is 18.5 Å². The molecular weight excluding hydrogens is 244 g/mol. The lowest BCUT2D eigenvalue weighted by Gasteiger charge is -2.08. The molecule has 0 aliphatic carbocycles. The SMILES string of the molecule is Cc1cccc2sc(NCCC3CCCO3)nc12. The van der Waals surface area contributed by atoms with E-state index in [1.165, 1.54) is 23.1 Å². The number of para-hydroxylation sites is 1. The molecule has 2 aromatic rings. The van der Waals surface area contributed by atoms with Crippen LogP contribution in [0.25, 0.3) is 10.2 Å². The minimum atomic E-state index is 0.452. The molecule has 96 valence electrons. The van der Waals surface area contributed by atoms with Crippen molar-refractivity contribution in [2.24, 2.45) is 0 Å². The summed E-state index contributed by atoms with van der Waals surface area (Å²) in [7, 11) is 0. The Balaban J connectivity index is 1.62. The van der Waals surface area contributed by atoms with Gasteiger partial charge in [-0.3, -0.25) is 0 Å². The van der Waals surface area contributed by atoms with Gasteiger partial charge in [0.2, 0.25) is 0 Å². The highest BCUT2D eigenvalue weighted by molar-refractivity contribution is 7.22. The number of nitrogens with zero attached hydrogens (tertiary/aromatic N) is 1. The second-order valence-electron chi connectivity index (χ2n) is 4.79. The maximum absolute atomic E-state index is 5.61. The molecular formula is C14H18N2OS. The smallest absolute Gasteiger partial charge is 0.183 e. The van der Waals surface area contributed by atoms with Gasteiger partial charge in [0.1, 0.15) is 0 Å². The Bertz CT molecular complexity index is 532. The number of benzene rings is 1. The van der Waals surface area contributed by atoms with Gasteiger partial charge < -0.3 is 10.1 Å². The van der Waals surface area contributed by atoms with Gasteiger partial charge in [0.05, 0.1) is 16.3 Å². The average Bonchev–Trinajstić information content (AvgIpc) is 2.98. The molecule has 0 bridgehead atoms. The lowest BCUT2D eigenvalue weighted by Crippen LogP contribution is -2.12. The van der Waals surface area contributed by atoms with Gasteiger partial charge in [0.15, 0.2) is 5.13 Å². The summed E-state index contributed by atoms with van der Waals surface area (Å²) in [5.41, 5.74) is 2.37. The fourth-order valence-electron chi connectivity index (χ4n) is 2.37. The summed E-state index contributed by atoms with van der Waals surface area (Å²) in [6.07, 6.45) is 3.95. The van der Waals surface area contributed by atoms with Crippen LogP contribution in [0.4, 0.5) is 5.13 Å². The number of fused-ring (bicyclic) bond motifs is 1. The zero-order chi connectivity index (χ0) is 12.4. The highest BCUT2D eigenvalue weighted by Gasteiger charge is 2.14. The number of nitrogens with one attached hydrogen (secondary N) is 1. The predicted molar refractivity (Wildman–Crippen MR) is 76.4 cm³/mol. The first kappa shape index (κ1) is 11.9. The summed E-state index contributed by atoms with van der Waals surface area (Å²) >= 11 is 1.73. The average molecular weight is 262 g/mol. The molecule has 0 spiro atoms. The van der Waals surface area contributed by atoms with Gasteiger partial charge in [-0.2, -0.15) is 0 Å². The number of hydrogen-bond acceptors (Lipinski definition) is 4. The van der Waals surface area contributed by atoms with Crippen molar-refractivity contribution >= 4 is 26.7 Å². The Morgan fingerprint density at radius 2 is 2.44 bits per heavy atom. The van der Waals surface area contributed by atoms with Crippen LogP contribution >= 0.6 is 11.3 Å². The minimum absolute atomic E-state index is 0.452. The molecule has 1 atom stereocenters. The third-order valence-corrected chi connectivity index (χ3v) is 4.37. The zero-order valence-corrected chi connectivity index (χ0v) is 11.4. The molecule has 0 radical (unpaired) electrons. The Hall–Kier alpha value is -1.13. The second-order valence-corrected chi connectivity index (χ2v) is 5.82. The summed E-state index contributed by atoms with van der Waals surface area (Å²) in [5.74, 6) is 0. The van der Waals surface area contributed by atoms with Crippen LogP contribution in [0.5, 0.6) is 0 Å². The van der Waals surface area contributed by atoms with Gasteiger partial charge in [0.25, 0.3) is 0 Å². The molecule has 1 aromatic carbocycles. The van der Waals surface area contributed by atoms with Gasteiger partial charge in [-0.25, -0.2) is 4.98 Å². The third-order valence-electron chi connectivity index (χ3n) is 3.39. The summed E-state index contributed by atoms with van der Waals surface area (Å²) < 4.78 is 6.87. The largest absolute Gasteiger partial charge is 0.378 e.